The summed E-state index contributed by atoms with van der Waals surface area (Å²) in [5, 5.41) is 6.00. The quantitative estimate of drug-likeness (QED) is 0.583. The van der Waals surface area contributed by atoms with E-state index >= 15 is 0 Å². The van der Waals surface area contributed by atoms with Gasteiger partial charge in [-0.2, -0.15) is 0 Å². The fourth-order valence-corrected chi connectivity index (χ4v) is 4.66. The van der Waals surface area contributed by atoms with E-state index in [1.807, 2.05) is 12.1 Å². The number of hydrogen-bond donors (Lipinski definition) is 1. The molecule has 1 aliphatic heterocycles. The van der Waals surface area contributed by atoms with Gasteiger partial charge in [-0.25, -0.2) is 0 Å². The van der Waals surface area contributed by atoms with Gasteiger partial charge in [0, 0.05) is 29.3 Å². The first-order chi connectivity index (χ1) is 14.3. The molecule has 1 atom stereocenters. The number of fused-ring (bicyclic) bond motifs is 3. The fourth-order valence-electron chi connectivity index (χ4n) is 4.66. The predicted octanol–water partition coefficient (Wildman–Crippen LogP) is 6.19. The molecular formula is C26H25NO2. The highest BCUT2D eigenvalue weighted by Crippen LogP contribution is 2.48. The third kappa shape index (κ3) is 3.11. The summed E-state index contributed by atoms with van der Waals surface area (Å²) in [5.74, 6) is 1.11. The van der Waals surface area contributed by atoms with E-state index in [0.717, 1.165) is 47.5 Å². The Hall–Kier alpha value is -3.07. The summed E-state index contributed by atoms with van der Waals surface area (Å²) in [4.78, 5) is 13.0. The highest BCUT2D eigenvalue weighted by atomic mass is 16.5. The Kier molecular flexibility index (Phi) is 4.59. The van der Waals surface area contributed by atoms with Gasteiger partial charge in [-0.1, -0.05) is 49.4 Å². The second kappa shape index (κ2) is 7.40. The van der Waals surface area contributed by atoms with Gasteiger partial charge < -0.3 is 10.1 Å². The molecule has 1 heterocycles. The largest absolute Gasteiger partial charge is 0.494 e. The highest BCUT2D eigenvalue weighted by Gasteiger charge is 2.35. The van der Waals surface area contributed by atoms with Gasteiger partial charge in [-0.15, -0.1) is 0 Å². The lowest BCUT2D eigenvalue weighted by atomic mass is 9.74. The number of carbonyl (C=O) groups excluding carboxylic acids is 1. The number of carbonyl (C=O) groups is 1. The maximum Gasteiger partial charge on any atom is 0.161 e. The first-order valence-corrected chi connectivity index (χ1v) is 10.5. The van der Waals surface area contributed by atoms with Crippen LogP contribution in [0.3, 0.4) is 0 Å². The van der Waals surface area contributed by atoms with Crippen LogP contribution in [0.25, 0.3) is 10.8 Å². The molecule has 0 spiro atoms. The Balaban J connectivity index is 1.69. The molecule has 0 radical (unpaired) electrons. The number of ketones is 1. The van der Waals surface area contributed by atoms with Crippen molar-refractivity contribution in [3.63, 3.8) is 0 Å². The van der Waals surface area contributed by atoms with E-state index in [9.17, 15) is 4.79 Å². The van der Waals surface area contributed by atoms with E-state index in [1.54, 1.807) is 0 Å². The van der Waals surface area contributed by atoms with Crippen LogP contribution in [0, 0.1) is 0 Å². The van der Waals surface area contributed by atoms with Gasteiger partial charge >= 0.3 is 0 Å². The molecule has 3 aromatic rings. The molecule has 0 amide bonds. The lowest BCUT2D eigenvalue weighted by molar-refractivity contribution is -0.116. The fraction of sp³-hybridized carbons (Fsp3) is 0.269. The van der Waals surface area contributed by atoms with Crippen molar-refractivity contribution in [2.75, 3.05) is 11.9 Å². The van der Waals surface area contributed by atoms with Crippen LogP contribution in [0.4, 0.5) is 5.69 Å². The third-order valence-corrected chi connectivity index (χ3v) is 5.98. The Morgan fingerprint density at radius 1 is 1.00 bits per heavy atom. The summed E-state index contributed by atoms with van der Waals surface area (Å²) in [5.41, 5.74) is 5.52. The molecule has 3 aromatic carbocycles. The summed E-state index contributed by atoms with van der Waals surface area (Å²) >= 11 is 0. The van der Waals surface area contributed by atoms with Gasteiger partial charge in [-0.05, 0) is 59.4 Å². The summed E-state index contributed by atoms with van der Waals surface area (Å²) < 4.78 is 5.77. The van der Waals surface area contributed by atoms with Crippen LogP contribution >= 0.6 is 0 Å². The zero-order valence-electron chi connectivity index (χ0n) is 16.7. The minimum atomic E-state index is -0.0413. The predicted molar refractivity (Wildman–Crippen MR) is 118 cm³/mol. The Morgan fingerprint density at radius 2 is 1.83 bits per heavy atom. The number of benzene rings is 3. The topological polar surface area (TPSA) is 38.3 Å². The number of ether oxygens (including phenoxy) is 1. The Labute approximate surface area is 171 Å². The first-order valence-electron chi connectivity index (χ1n) is 10.5. The molecule has 0 fully saturated rings. The smallest absolute Gasteiger partial charge is 0.161 e. The maximum absolute atomic E-state index is 13.0. The van der Waals surface area contributed by atoms with E-state index in [-0.39, 0.29) is 11.7 Å². The molecule has 0 saturated carbocycles. The third-order valence-electron chi connectivity index (χ3n) is 5.98. The van der Waals surface area contributed by atoms with Crippen LogP contribution in [0.15, 0.2) is 71.9 Å². The zero-order chi connectivity index (χ0) is 19.8. The van der Waals surface area contributed by atoms with E-state index < -0.39 is 0 Å². The molecule has 29 heavy (non-hydrogen) atoms. The lowest BCUT2D eigenvalue weighted by Gasteiger charge is -2.35. The normalized spacial score (nSPS) is 18.2. The van der Waals surface area contributed by atoms with Crippen LogP contribution in [0.2, 0.25) is 0 Å². The van der Waals surface area contributed by atoms with Gasteiger partial charge in [0.2, 0.25) is 0 Å². The summed E-state index contributed by atoms with van der Waals surface area (Å²) in [6, 6.07) is 21.1. The number of anilines is 1. The van der Waals surface area contributed by atoms with E-state index in [4.69, 9.17) is 4.74 Å². The molecule has 0 aromatic heterocycles. The van der Waals surface area contributed by atoms with Crippen molar-refractivity contribution in [3.05, 3.63) is 83.1 Å². The standard InChI is InChI=1S/C26H25NO2/c1-2-16-29-19-13-10-18(11-14-19)24-25-20-7-4-3-6-17(20)12-15-22(25)27-21-8-5-9-23(28)26(21)24/h3-4,6-7,10-15,24,27H,2,5,8-9,16H2,1H3/t24-/m1/s1. The van der Waals surface area contributed by atoms with Crippen LogP contribution in [0.5, 0.6) is 5.75 Å². The number of Topliss-reactive ketones (excluding diaryl/α,β-unsaturated/α-hetero) is 1. The number of allylic oxidation sites excluding steroid dienone is 2. The van der Waals surface area contributed by atoms with Crippen molar-refractivity contribution >= 4 is 22.2 Å². The summed E-state index contributed by atoms with van der Waals surface area (Å²) in [7, 11) is 0. The number of hydrogen-bond acceptors (Lipinski definition) is 3. The first kappa shape index (κ1) is 18.0. The van der Waals surface area contributed by atoms with Crippen molar-refractivity contribution in [1.82, 2.24) is 0 Å². The zero-order valence-corrected chi connectivity index (χ0v) is 16.7. The average Bonchev–Trinajstić information content (AvgIpc) is 2.77. The van der Waals surface area contributed by atoms with Gasteiger partial charge in [0.25, 0.3) is 0 Å². The molecule has 146 valence electrons. The summed E-state index contributed by atoms with van der Waals surface area (Å²) in [6.07, 6.45) is 3.47. The second-order valence-corrected chi connectivity index (χ2v) is 7.89. The van der Waals surface area contributed by atoms with E-state index in [1.165, 1.54) is 16.3 Å². The molecule has 2 aliphatic rings. The molecule has 0 unspecified atom stereocenters. The maximum atomic E-state index is 13.0. The monoisotopic (exact) mass is 383 g/mol. The molecule has 1 N–H and O–H groups in total. The molecule has 3 heteroatoms. The molecule has 5 rings (SSSR count). The minimum Gasteiger partial charge on any atom is -0.494 e. The van der Waals surface area contributed by atoms with E-state index in [2.05, 4.69) is 60.8 Å². The van der Waals surface area contributed by atoms with Crippen molar-refractivity contribution in [3.8, 4) is 5.75 Å². The number of rotatable bonds is 4. The lowest BCUT2D eigenvalue weighted by Crippen LogP contribution is -2.27. The van der Waals surface area contributed by atoms with Crippen LogP contribution in [0.1, 0.15) is 49.7 Å². The number of nitrogens with one attached hydrogen (secondary N) is 1. The van der Waals surface area contributed by atoms with Crippen molar-refractivity contribution in [1.29, 1.82) is 0 Å². The molecule has 3 nitrogen and oxygen atoms in total. The van der Waals surface area contributed by atoms with Crippen molar-refractivity contribution in [2.24, 2.45) is 0 Å². The molecule has 1 aliphatic carbocycles. The summed E-state index contributed by atoms with van der Waals surface area (Å²) in [6.45, 7) is 2.82. The minimum absolute atomic E-state index is 0.0413. The van der Waals surface area contributed by atoms with Crippen molar-refractivity contribution < 1.29 is 9.53 Å². The van der Waals surface area contributed by atoms with Crippen LogP contribution in [-0.2, 0) is 4.79 Å². The Morgan fingerprint density at radius 3 is 2.66 bits per heavy atom. The van der Waals surface area contributed by atoms with Gasteiger partial charge in [0.15, 0.2) is 5.78 Å². The second-order valence-electron chi connectivity index (χ2n) is 7.89. The molecule has 0 saturated heterocycles. The SMILES string of the molecule is CCCOc1ccc([C@H]2C3=C(CCCC3=O)Nc3ccc4ccccc4c32)cc1. The molecular weight excluding hydrogens is 358 g/mol. The average molecular weight is 383 g/mol. The van der Waals surface area contributed by atoms with Gasteiger partial charge in [-0.3, -0.25) is 4.79 Å². The van der Waals surface area contributed by atoms with Crippen molar-refractivity contribution in [2.45, 2.75) is 38.5 Å². The molecule has 0 bridgehead atoms. The highest BCUT2D eigenvalue weighted by molar-refractivity contribution is 6.04. The van der Waals surface area contributed by atoms with E-state index in [0.29, 0.717) is 13.0 Å². The van der Waals surface area contributed by atoms with Gasteiger partial charge in [0.1, 0.15) is 5.75 Å². The van der Waals surface area contributed by atoms with Crippen LogP contribution < -0.4 is 10.1 Å². The van der Waals surface area contributed by atoms with Crippen LogP contribution in [-0.4, -0.2) is 12.4 Å². The Bertz CT molecular complexity index is 1110. The van der Waals surface area contributed by atoms with Gasteiger partial charge in [0.05, 0.1) is 6.61 Å².